The number of nitrogens with zero attached hydrogens (tertiary/aromatic N) is 3. The van der Waals surface area contributed by atoms with Crippen LogP contribution >= 0.6 is 11.6 Å². The lowest BCUT2D eigenvalue weighted by Crippen LogP contribution is -2.20. The molecule has 0 saturated carbocycles. The van der Waals surface area contributed by atoms with E-state index in [9.17, 15) is 13.2 Å². The average molecular weight is 305 g/mol. The highest BCUT2D eigenvalue weighted by Gasteiger charge is 2.34. The van der Waals surface area contributed by atoms with E-state index >= 15 is 0 Å². The number of oxime groups is 1. The Bertz CT molecular complexity index is 666. The van der Waals surface area contributed by atoms with Crippen LogP contribution in [0.5, 0.6) is 0 Å². The van der Waals surface area contributed by atoms with Crippen molar-refractivity contribution in [3.63, 3.8) is 0 Å². The summed E-state index contributed by atoms with van der Waals surface area (Å²) in [5, 5.41) is 15.4. The molecule has 106 valence electrons. The van der Waals surface area contributed by atoms with Gasteiger partial charge < -0.3 is 10.9 Å². The molecule has 2 aromatic rings. The summed E-state index contributed by atoms with van der Waals surface area (Å²) in [5.74, 6) is -0.641. The van der Waals surface area contributed by atoms with Gasteiger partial charge in [-0.3, -0.25) is 0 Å². The normalized spacial score (nSPS) is 12.7. The molecule has 0 aliphatic heterocycles. The molecule has 0 saturated heterocycles. The molecule has 0 bridgehead atoms. The van der Waals surface area contributed by atoms with Crippen molar-refractivity contribution in [2.45, 2.75) is 6.18 Å². The zero-order valence-electron chi connectivity index (χ0n) is 9.76. The number of halogens is 4. The van der Waals surface area contributed by atoms with Gasteiger partial charge in [0.15, 0.2) is 5.84 Å². The first-order valence-corrected chi connectivity index (χ1v) is 5.60. The summed E-state index contributed by atoms with van der Waals surface area (Å²) in [6, 6.07) is 3.15. The summed E-state index contributed by atoms with van der Waals surface area (Å²) in [5.41, 5.74) is 4.14. The SMILES string of the molecule is N/C(=N/O)c1cc(-n2cc(Cl)cn2)ccc1C(F)(F)F. The fraction of sp³-hybridized carbons (Fsp3) is 0.0909. The zero-order valence-corrected chi connectivity index (χ0v) is 10.5. The van der Waals surface area contributed by atoms with Crippen molar-refractivity contribution in [3.8, 4) is 5.69 Å². The van der Waals surface area contributed by atoms with E-state index in [1.807, 2.05) is 0 Å². The first kappa shape index (κ1) is 14.2. The van der Waals surface area contributed by atoms with E-state index < -0.39 is 23.1 Å². The van der Waals surface area contributed by atoms with Crippen LogP contribution < -0.4 is 5.73 Å². The number of amidine groups is 1. The standard InChI is InChI=1S/C11H8ClF3N4O/c12-6-4-17-19(5-6)7-1-2-9(11(13,14)15)8(3-7)10(16)18-20/h1-5,20H,(H2,16,18). The van der Waals surface area contributed by atoms with E-state index in [0.717, 1.165) is 12.1 Å². The lowest BCUT2D eigenvalue weighted by atomic mass is 10.1. The smallest absolute Gasteiger partial charge is 0.409 e. The summed E-state index contributed by atoms with van der Waals surface area (Å²) in [6.45, 7) is 0. The maximum atomic E-state index is 12.8. The molecule has 1 aromatic heterocycles. The molecule has 20 heavy (non-hydrogen) atoms. The number of hydrogen-bond donors (Lipinski definition) is 2. The predicted molar refractivity (Wildman–Crippen MR) is 66.1 cm³/mol. The van der Waals surface area contributed by atoms with E-state index in [1.54, 1.807) is 0 Å². The minimum atomic E-state index is -4.62. The fourth-order valence-electron chi connectivity index (χ4n) is 1.63. The Morgan fingerprint density at radius 3 is 2.60 bits per heavy atom. The molecule has 0 spiro atoms. The van der Waals surface area contributed by atoms with Crippen LogP contribution in [0.2, 0.25) is 5.02 Å². The summed E-state index contributed by atoms with van der Waals surface area (Å²) >= 11 is 5.69. The van der Waals surface area contributed by atoms with Crippen LogP contribution in [-0.2, 0) is 6.18 Å². The lowest BCUT2D eigenvalue weighted by molar-refractivity contribution is -0.137. The van der Waals surface area contributed by atoms with Crippen molar-refractivity contribution in [2.24, 2.45) is 10.9 Å². The molecule has 0 aliphatic carbocycles. The van der Waals surface area contributed by atoms with Gasteiger partial charge in [-0.15, -0.1) is 0 Å². The topological polar surface area (TPSA) is 76.4 Å². The van der Waals surface area contributed by atoms with Gasteiger partial charge in [0.2, 0.25) is 0 Å². The zero-order chi connectivity index (χ0) is 14.9. The number of rotatable bonds is 2. The van der Waals surface area contributed by atoms with Gasteiger partial charge in [0.25, 0.3) is 0 Å². The Balaban J connectivity index is 2.60. The van der Waals surface area contributed by atoms with Crippen molar-refractivity contribution >= 4 is 17.4 Å². The first-order valence-electron chi connectivity index (χ1n) is 5.22. The molecule has 0 unspecified atom stereocenters. The number of aromatic nitrogens is 2. The van der Waals surface area contributed by atoms with E-state index in [4.69, 9.17) is 22.5 Å². The number of hydrogen-bond acceptors (Lipinski definition) is 3. The van der Waals surface area contributed by atoms with Gasteiger partial charge in [-0.2, -0.15) is 18.3 Å². The van der Waals surface area contributed by atoms with E-state index in [-0.39, 0.29) is 0 Å². The van der Waals surface area contributed by atoms with Crippen LogP contribution in [0.15, 0.2) is 35.7 Å². The molecule has 0 radical (unpaired) electrons. The second kappa shape index (κ2) is 5.04. The van der Waals surface area contributed by atoms with Gasteiger partial charge in [0.05, 0.1) is 22.5 Å². The van der Waals surface area contributed by atoms with Gasteiger partial charge in [-0.1, -0.05) is 16.8 Å². The third kappa shape index (κ3) is 2.69. The highest BCUT2D eigenvalue weighted by atomic mass is 35.5. The summed E-state index contributed by atoms with van der Waals surface area (Å²) in [6.07, 6.45) is -1.87. The van der Waals surface area contributed by atoms with Gasteiger partial charge in [-0.25, -0.2) is 4.68 Å². The Hall–Kier alpha value is -2.22. The molecule has 2 rings (SSSR count). The molecule has 0 amide bonds. The first-order chi connectivity index (χ1) is 9.32. The monoisotopic (exact) mass is 304 g/mol. The van der Waals surface area contributed by atoms with E-state index in [1.165, 1.54) is 23.1 Å². The van der Waals surface area contributed by atoms with Crippen molar-refractivity contribution in [3.05, 3.63) is 46.7 Å². The fourth-order valence-corrected chi connectivity index (χ4v) is 1.77. The van der Waals surface area contributed by atoms with Crippen LogP contribution in [0.4, 0.5) is 13.2 Å². The molecule has 1 heterocycles. The summed E-state index contributed by atoms with van der Waals surface area (Å²) in [4.78, 5) is 0. The molecule has 3 N–H and O–H groups in total. The molecular weight excluding hydrogens is 297 g/mol. The van der Waals surface area contributed by atoms with Gasteiger partial charge in [-0.05, 0) is 18.2 Å². The van der Waals surface area contributed by atoms with Gasteiger partial charge in [0.1, 0.15) is 0 Å². The Morgan fingerprint density at radius 2 is 2.10 bits per heavy atom. The van der Waals surface area contributed by atoms with E-state index in [0.29, 0.717) is 10.7 Å². The Labute approximate surface area is 116 Å². The summed E-state index contributed by atoms with van der Waals surface area (Å²) in [7, 11) is 0. The Kier molecular flexibility index (Phi) is 3.58. The minimum Gasteiger partial charge on any atom is -0.409 e. The second-order valence-corrected chi connectivity index (χ2v) is 4.25. The summed E-state index contributed by atoms with van der Waals surface area (Å²) < 4.78 is 39.8. The molecular formula is C11H8ClF3N4O. The molecule has 1 aromatic carbocycles. The third-order valence-corrected chi connectivity index (χ3v) is 2.70. The molecule has 0 aliphatic rings. The largest absolute Gasteiger partial charge is 0.417 e. The van der Waals surface area contributed by atoms with Crippen molar-refractivity contribution in [1.82, 2.24) is 9.78 Å². The van der Waals surface area contributed by atoms with Crippen LogP contribution in [0.3, 0.4) is 0 Å². The highest BCUT2D eigenvalue weighted by molar-refractivity contribution is 6.30. The molecule has 5 nitrogen and oxygen atoms in total. The lowest BCUT2D eigenvalue weighted by Gasteiger charge is -2.13. The van der Waals surface area contributed by atoms with Gasteiger partial charge >= 0.3 is 6.18 Å². The number of benzene rings is 1. The Morgan fingerprint density at radius 1 is 1.40 bits per heavy atom. The predicted octanol–water partition coefficient (Wildman–Crippen LogP) is 2.64. The molecule has 9 heteroatoms. The van der Waals surface area contributed by atoms with Crippen molar-refractivity contribution < 1.29 is 18.4 Å². The van der Waals surface area contributed by atoms with Gasteiger partial charge in [0, 0.05) is 11.8 Å². The molecule has 0 atom stereocenters. The van der Waals surface area contributed by atoms with Crippen LogP contribution in [0.25, 0.3) is 5.69 Å². The minimum absolute atomic E-state index is 0.298. The van der Waals surface area contributed by atoms with Crippen LogP contribution in [0, 0.1) is 0 Å². The molecule has 0 fully saturated rings. The quantitative estimate of drug-likeness (QED) is 0.387. The maximum Gasteiger partial charge on any atom is 0.417 e. The van der Waals surface area contributed by atoms with Crippen molar-refractivity contribution in [2.75, 3.05) is 0 Å². The third-order valence-electron chi connectivity index (χ3n) is 2.51. The van der Waals surface area contributed by atoms with Crippen molar-refractivity contribution in [1.29, 1.82) is 0 Å². The van der Waals surface area contributed by atoms with Crippen LogP contribution in [-0.4, -0.2) is 20.8 Å². The number of nitrogens with two attached hydrogens (primary N) is 1. The van der Waals surface area contributed by atoms with E-state index in [2.05, 4.69) is 10.3 Å². The maximum absolute atomic E-state index is 12.8. The second-order valence-electron chi connectivity index (χ2n) is 3.82. The van der Waals surface area contributed by atoms with Crippen LogP contribution in [0.1, 0.15) is 11.1 Å². The highest BCUT2D eigenvalue weighted by Crippen LogP contribution is 2.33. The average Bonchev–Trinajstić information content (AvgIpc) is 2.82. The number of alkyl halides is 3.